The van der Waals surface area contributed by atoms with Crippen molar-refractivity contribution < 1.29 is 46.9 Å². The molecule has 0 spiro atoms. The van der Waals surface area contributed by atoms with Crippen molar-refractivity contribution in [2.75, 3.05) is 19.6 Å². The summed E-state index contributed by atoms with van der Waals surface area (Å²) in [5.41, 5.74) is 1.78. The van der Waals surface area contributed by atoms with Crippen molar-refractivity contribution in [3.63, 3.8) is 0 Å². The van der Waals surface area contributed by atoms with Crippen molar-refractivity contribution in [1.82, 2.24) is 14.9 Å². The van der Waals surface area contributed by atoms with Gasteiger partial charge in [-0.05, 0) is 65.8 Å². The zero-order chi connectivity index (χ0) is 40.6. The summed E-state index contributed by atoms with van der Waals surface area (Å²) in [6, 6.07) is 19.1. The first-order chi connectivity index (χ1) is 27.2. The van der Waals surface area contributed by atoms with E-state index in [-0.39, 0.29) is 48.4 Å². The fourth-order valence-electron chi connectivity index (χ4n) is 9.23. The van der Waals surface area contributed by atoms with Crippen LogP contribution in [0.25, 0.3) is 0 Å². The number of halogens is 5. The summed E-state index contributed by atoms with van der Waals surface area (Å²) >= 11 is 12.6. The normalized spacial score (nSPS) is 25.5. The lowest BCUT2D eigenvalue weighted by molar-refractivity contribution is -0.142. The van der Waals surface area contributed by atoms with Gasteiger partial charge in [-0.2, -0.15) is 18.2 Å². The number of rotatable bonds is 8. The maximum absolute atomic E-state index is 15.4. The van der Waals surface area contributed by atoms with Crippen LogP contribution >= 0.6 is 23.2 Å². The average Bonchev–Trinajstić information content (AvgIpc) is 3.56. The van der Waals surface area contributed by atoms with E-state index >= 15 is 4.79 Å². The van der Waals surface area contributed by atoms with Crippen LogP contribution in [0, 0.1) is 23.7 Å². The fraction of sp³-hybridized carbons (Fsp3) is 0.293. The molecule has 294 valence electrons. The molecule has 3 fully saturated rings. The molecular weight excluding hydrogens is 788 g/mol. The number of allylic oxidation sites excluding steroid dienone is 2. The van der Waals surface area contributed by atoms with Gasteiger partial charge in [-0.1, -0.05) is 77.3 Å². The van der Waals surface area contributed by atoms with Gasteiger partial charge in [0.05, 0.1) is 54.5 Å². The standard InChI is InChI=1S/C41H33Cl2F3N4O7/c1-56-30-14-21(15-31(57-2)34(30)51)33-25-12-13-26-32(38(54)49(36(26)52)19-20-6-4-3-5-7-20)27(25)17-28-37(53)50(39(55)40(28,33)22-8-10-24(42)11-9-22)48-35-29(43)16-23(18-47-35)41(44,45)46/h3-12,14-16,18,26-28,32-33,51H,13,17,19H2,1-2H3,(H,47,48). The van der Waals surface area contributed by atoms with E-state index < -0.39 is 69.5 Å². The quantitative estimate of drug-likeness (QED) is 0.138. The van der Waals surface area contributed by atoms with E-state index in [2.05, 4.69) is 10.4 Å². The number of nitrogens with zero attached hydrogens (tertiary/aromatic N) is 3. The summed E-state index contributed by atoms with van der Waals surface area (Å²) in [7, 11) is 2.68. The number of likely N-dealkylation sites (tertiary alicyclic amines) is 1. The number of aromatic hydroxyl groups is 1. The Morgan fingerprint density at radius 1 is 0.912 bits per heavy atom. The third kappa shape index (κ3) is 5.99. The average molecular weight is 822 g/mol. The Labute approximate surface area is 333 Å². The molecule has 2 aliphatic heterocycles. The minimum atomic E-state index is -4.76. The molecule has 16 heteroatoms. The van der Waals surface area contributed by atoms with Gasteiger partial charge in [0.1, 0.15) is 0 Å². The van der Waals surface area contributed by atoms with Crippen LogP contribution in [0.15, 0.2) is 90.6 Å². The van der Waals surface area contributed by atoms with Gasteiger partial charge in [0, 0.05) is 17.1 Å². The first-order valence-corrected chi connectivity index (χ1v) is 18.6. The number of imide groups is 2. The molecule has 0 bridgehead atoms. The van der Waals surface area contributed by atoms with E-state index in [1.165, 1.54) is 31.3 Å². The molecule has 2 saturated heterocycles. The van der Waals surface area contributed by atoms with E-state index in [9.17, 15) is 32.7 Å². The number of aromatic nitrogens is 1. The van der Waals surface area contributed by atoms with Crippen LogP contribution < -0.4 is 14.9 Å². The van der Waals surface area contributed by atoms with Crippen molar-refractivity contribution in [1.29, 1.82) is 0 Å². The third-order valence-corrected chi connectivity index (χ3v) is 12.2. The van der Waals surface area contributed by atoms with Crippen LogP contribution in [0.1, 0.15) is 41.0 Å². The molecule has 8 rings (SSSR count). The lowest BCUT2D eigenvalue weighted by Gasteiger charge is -2.50. The summed E-state index contributed by atoms with van der Waals surface area (Å²) in [5, 5.41) is 11.5. The number of carbonyl (C=O) groups is 4. The highest BCUT2D eigenvalue weighted by Gasteiger charge is 2.70. The number of ether oxygens (including phenoxy) is 2. The van der Waals surface area contributed by atoms with Gasteiger partial charge in [-0.15, -0.1) is 0 Å². The molecule has 4 amide bonds. The number of phenolic OH excluding ortho intramolecular Hbond substituents is 1. The summed E-state index contributed by atoms with van der Waals surface area (Å²) in [5.74, 6) is -7.66. The van der Waals surface area contributed by atoms with Crippen molar-refractivity contribution in [2.24, 2.45) is 23.7 Å². The largest absolute Gasteiger partial charge is 0.502 e. The molecule has 11 nitrogen and oxygen atoms in total. The number of anilines is 1. The molecule has 3 heterocycles. The topological polar surface area (TPSA) is 138 Å². The highest BCUT2D eigenvalue weighted by Crippen LogP contribution is 2.65. The highest BCUT2D eigenvalue weighted by molar-refractivity contribution is 6.33. The van der Waals surface area contributed by atoms with E-state index in [0.29, 0.717) is 39.0 Å². The van der Waals surface area contributed by atoms with E-state index in [1.54, 1.807) is 24.3 Å². The minimum absolute atomic E-state index is 0.00258. The van der Waals surface area contributed by atoms with Gasteiger partial charge in [0.15, 0.2) is 17.3 Å². The molecule has 4 aliphatic rings. The minimum Gasteiger partial charge on any atom is -0.502 e. The number of nitrogens with one attached hydrogen (secondary N) is 1. The SMILES string of the molecule is COc1cc(C2C3=CCC4C(=O)N(Cc5ccccc5)C(=O)C4C3CC3C(=O)N(Nc4ncc(C(F)(F)F)cc4Cl)C(=O)C32c2ccc(Cl)cc2)cc(OC)c1O. The van der Waals surface area contributed by atoms with Gasteiger partial charge in [-0.25, -0.2) is 4.98 Å². The van der Waals surface area contributed by atoms with Crippen LogP contribution in [-0.4, -0.2) is 57.8 Å². The van der Waals surface area contributed by atoms with Gasteiger partial charge >= 0.3 is 6.18 Å². The smallest absolute Gasteiger partial charge is 0.417 e. The number of methoxy groups -OCH3 is 2. The van der Waals surface area contributed by atoms with Gasteiger partial charge in [-0.3, -0.25) is 29.5 Å². The number of carbonyl (C=O) groups excluding carboxylic acids is 4. The van der Waals surface area contributed by atoms with Gasteiger partial charge in [0.2, 0.25) is 17.6 Å². The van der Waals surface area contributed by atoms with Gasteiger partial charge < -0.3 is 14.6 Å². The summed E-state index contributed by atoms with van der Waals surface area (Å²) in [6.45, 7) is 0.0531. The highest BCUT2D eigenvalue weighted by atomic mass is 35.5. The number of hydrogen-bond acceptors (Lipinski definition) is 9. The number of hydrazine groups is 1. The maximum atomic E-state index is 15.4. The Bertz CT molecular complexity index is 2340. The third-order valence-electron chi connectivity index (χ3n) is 11.7. The lowest BCUT2D eigenvalue weighted by Crippen LogP contribution is -2.53. The number of alkyl halides is 3. The molecule has 57 heavy (non-hydrogen) atoms. The van der Waals surface area contributed by atoms with Crippen molar-refractivity contribution in [3.05, 3.63) is 123 Å². The van der Waals surface area contributed by atoms with Crippen LogP contribution in [0.4, 0.5) is 19.0 Å². The monoisotopic (exact) mass is 820 g/mol. The first kappa shape index (κ1) is 38.3. The summed E-state index contributed by atoms with van der Waals surface area (Å²) < 4.78 is 51.6. The molecule has 0 radical (unpaired) electrons. The zero-order valence-corrected chi connectivity index (χ0v) is 31.7. The number of pyridine rings is 1. The lowest BCUT2D eigenvalue weighted by atomic mass is 9.49. The molecule has 2 aliphatic carbocycles. The number of phenols is 1. The maximum Gasteiger partial charge on any atom is 0.417 e. The van der Waals surface area contributed by atoms with Crippen LogP contribution in [0.2, 0.25) is 10.0 Å². The molecule has 2 N–H and O–H groups in total. The zero-order valence-electron chi connectivity index (χ0n) is 30.2. The van der Waals surface area contributed by atoms with Crippen LogP contribution in [-0.2, 0) is 37.3 Å². The second-order valence-electron chi connectivity index (χ2n) is 14.4. The van der Waals surface area contributed by atoms with Crippen molar-refractivity contribution in [2.45, 2.75) is 36.9 Å². The molecular formula is C41H33Cl2F3N4O7. The predicted molar refractivity (Wildman–Crippen MR) is 200 cm³/mol. The second-order valence-corrected chi connectivity index (χ2v) is 15.3. The number of hydrogen-bond donors (Lipinski definition) is 2. The molecule has 1 saturated carbocycles. The Kier molecular flexibility index (Phi) is 9.47. The summed E-state index contributed by atoms with van der Waals surface area (Å²) in [6.07, 6.45) is -2.28. The molecule has 3 aromatic carbocycles. The Morgan fingerprint density at radius 3 is 2.19 bits per heavy atom. The summed E-state index contributed by atoms with van der Waals surface area (Å²) in [4.78, 5) is 63.9. The van der Waals surface area contributed by atoms with Crippen LogP contribution in [0.5, 0.6) is 17.2 Å². The van der Waals surface area contributed by atoms with Crippen molar-refractivity contribution in [3.8, 4) is 17.2 Å². The first-order valence-electron chi connectivity index (χ1n) is 17.9. The van der Waals surface area contributed by atoms with E-state index in [1.807, 2.05) is 36.4 Å². The van der Waals surface area contributed by atoms with Crippen LogP contribution in [0.3, 0.4) is 0 Å². The Morgan fingerprint density at radius 2 is 1.58 bits per heavy atom. The number of amides is 4. The van der Waals surface area contributed by atoms with Gasteiger partial charge in [0.25, 0.3) is 11.8 Å². The Balaban J connectivity index is 1.32. The van der Waals surface area contributed by atoms with E-state index in [4.69, 9.17) is 32.7 Å². The van der Waals surface area contributed by atoms with Crippen molar-refractivity contribution >= 4 is 52.6 Å². The van der Waals surface area contributed by atoms with E-state index in [0.717, 1.165) is 5.56 Å². The second kappa shape index (κ2) is 14.1. The predicted octanol–water partition coefficient (Wildman–Crippen LogP) is 7.32. The molecule has 6 atom stereocenters. The molecule has 1 aromatic heterocycles. The Hall–Kier alpha value is -5.60. The fourth-order valence-corrected chi connectivity index (χ4v) is 9.56. The molecule has 6 unspecified atom stereocenters. The molecule has 4 aromatic rings. The number of fused-ring (bicyclic) bond motifs is 4. The number of benzene rings is 3.